The van der Waals surface area contributed by atoms with Gasteiger partial charge in [-0.2, -0.15) is 0 Å². The number of hydrogen-bond acceptors (Lipinski definition) is 3. The number of benzene rings is 10. The predicted molar refractivity (Wildman–Crippen MR) is 308 cm³/mol. The van der Waals surface area contributed by atoms with E-state index in [0.29, 0.717) is 0 Å². The minimum absolute atomic E-state index is 0.755. The zero-order chi connectivity index (χ0) is 49.2. The second-order valence-electron chi connectivity index (χ2n) is 20.5. The van der Waals surface area contributed by atoms with Gasteiger partial charge in [0.15, 0.2) is 0 Å². The Hall–Kier alpha value is -7.98. The Morgan fingerprint density at radius 3 is 1.11 bits per heavy atom. The predicted octanol–water partition coefficient (Wildman–Crippen LogP) is 19.5. The quantitative estimate of drug-likeness (QED) is 0.164. The first kappa shape index (κ1) is 44.0. The highest BCUT2D eigenvalue weighted by molar-refractivity contribution is 7.25. The molecule has 348 valence electrons. The minimum Gasteiger partial charge on any atom is -0.310 e. The number of rotatable bonds is 6. The van der Waals surface area contributed by atoms with Gasteiger partial charge in [-0.25, -0.2) is 0 Å². The van der Waals surface area contributed by atoms with Crippen molar-refractivity contribution in [3.8, 4) is 33.4 Å². The summed E-state index contributed by atoms with van der Waals surface area (Å²) in [6.45, 7) is 17.8. The van der Waals surface area contributed by atoms with E-state index in [2.05, 4.69) is 259 Å². The zero-order valence-corrected chi connectivity index (χ0v) is 43.1. The topological polar surface area (TPSA) is 6.48 Å². The van der Waals surface area contributed by atoms with Crippen molar-refractivity contribution in [2.75, 3.05) is 9.80 Å². The van der Waals surface area contributed by atoms with Crippen molar-refractivity contribution >= 4 is 65.6 Å². The summed E-state index contributed by atoms with van der Waals surface area (Å²) in [4.78, 5) is 4.97. The Bertz CT molecular complexity index is 3770. The summed E-state index contributed by atoms with van der Waals surface area (Å²) in [5, 5.41) is 2.61. The first-order valence-corrected chi connectivity index (χ1v) is 26.1. The average Bonchev–Trinajstić information content (AvgIpc) is 3.87. The molecule has 0 saturated heterocycles. The molecular weight excluding hydrogens is 889 g/mol. The van der Waals surface area contributed by atoms with Crippen LogP contribution in [0.15, 0.2) is 194 Å². The standard InChI is InChI=1S/C69H56N2S/c1-41-21-25-49(33-45(41)5)70(50-26-22-42(2)46(6)34-50)53-29-31-58-55-15-9-10-16-56(55)59-32-30-54(71(51-27-23-43(3)47(7)35-51)52-28-24-44(4)48(8)36-52)38-65(59)69(64(58)37-53)63-19-13-11-17-57(63)61-40-68-62(39-66(61)69)60-18-12-14-20-67(60)72-68/h9-40H,1-8H3. The third kappa shape index (κ3) is 6.60. The smallest absolute Gasteiger partial charge is 0.0727 e. The van der Waals surface area contributed by atoms with Gasteiger partial charge < -0.3 is 9.80 Å². The van der Waals surface area contributed by atoms with E-state index in [1.54, 1.807) is 0 Å². The zero-order valence-electron chi connectivity index (χ0n) is 42.3. The number of hydrogen-bond donors (Lipinski definition) is 0. The van der Waals surface area contributed by atoms with E-state index in [1.807, 2.05) is 11.3 Å². The van der Waals surface area contributed by atoms with Crippen molar-refractivity contribution in [2.24, 2.45) is 0 Å². The molecule has 0 atom stereocenters. The second kappa shape index (κ2) is 16.6. The molecule has 0 saturated carbocycles. The summed E-state index contributed by atoms with van der Waals surface area (Å²) in [5.74, 6) is 0. The fourth-order valence-electron chi connectivity index (χ4n) is 12.0. The molecule has 72 heavy (non-hydrogen) atoms. The molecule has 0 fully saturated rings. The van der Waals surface area contributed by atoms with Crippen LogP contribution in [0, 0.1) is 55.4 Å². The maximum Gasteiger partial charge on any atom is 0.0727 e. The Labute approximate surface area is 428 Å². The highest BCUT2D eigenvalue weighted by atomic mass is 32.1. The molecule has 0 N–H and O–H groups in total. The minimum atomic E-state index is -0.755. The fourth-order valence-corrected chi connectivity index (χ4v) is 13.1. The molecule has 3 heteroatoms. The van der Waals surface area contributed by atoms with Gasteiger partial charge in [0.2, 0.25) is 0 Å². The van der Waals surface area contributed by atoms with Crippen LogP contribution in [0.4, 0.5) is 34.1 Å². The van der Waals surface area contributed by atoms with Crippen LogP contribution in [-0.2, 0) is 5.41 Å². The molecule has 2 aliphatic carbocycles. The normalized spacial score (nSPS) is 12.8. The van der Waals surface area contributed by atoms with Crippen LogP contribution in [0.1, 0.15) is 66.8 Å². The third-order valence-electron chi connectivity index (χ3n) is 16.4. The maximum absolute atomic E-state index is 2.58. The van der Waals surface area contributed by atoms with Crippen molar-refractivity contribution in [2.45, 2.75) is 60.8 Å². The van der Waals surface area contributed by atoms with E-state index < -0.39 is 5.41 Å². The molecule has 0 radical (unpaired) electrons. The molecule has 0 bridgehead atoms. The molecule has 1 heterocycles. The number of aryl methyl sites for hydroxylation is 8. The lowest BCUT2D eigenvalue weighted by Gasteiger charge is -2.37. The van der Waals surface area contributed by atoms with E-state index in [-0.39, 0.29) is 0 Å². The van der Waals surface area contributed by atoms with Gasteiger partial charge in [-0.15, -0.1) is 11.3 Å². The summed E-state index contributed by atoms with van der Waals surface area (Å²) < 4.78 is 2.62. The van der Waals surface area contributed by atoms with Crippen LogP contribution in [0.3, 0.4) is 0 Å². The lowest BCUT2D eigenvalue weighted by Crippen LogP contribution is -2.30. The second-order valence-corrected chi connectivity index (χ2v) is 21.6. The van der Waals surface area contributed by atoms with Crippen LogP contribution < -0.4 is 9.80 Å². The van der Waals surface area contributed by atoms with Crippen LogP contribution >= 0.6 is 11.3 Å². The summed E-state index contributed by atoms with van der Waals surface area (Å²) in [6.07, 6.45) is 0. The van der Waals surface area contributed by atoms with Crippen LogP contribution in [0.2, 0.25) is 0 Å². The Balaban J connectivity index is 1.19. The number of thiophene rings is 1. The average molecular weight is 945 g/mol. The fraction of sp³-hybridized carbons (Fsp3) is 0.130. The Morgan fingerprint density at radius 1 is 0.264 bits per heavy atom. The van der Waals surface area contributed by atoms with E-state index in [0.717, 1.165) is 34.1 Å². The monoisotopic (exact) mass is 944 g/mol. The number of nitrogens with zero attached hydrogens (tertiary/aromatic N) is 2. The summed E-state index contributed by atoms with van der Waals surface area (Å²) in [7, 11) is 0. The van der Waals surface area contributed by atoms with Crippen molar-refractivity contribution in [1.29, 1.82) is 0 Å². The van der Waals surface area contributed by atoms with Gasteiger partial charge in [-0.1, -0.05) is 103 Å². The van der Waals surface area contributed by atoms with E-state index in [4.69, 9.17) is 0 Å². The highest BCUT2D eigenvalue weighted by Crippen LogP contribution is 2.64. The van der Waals surface area contributed by atoms with Crippen molar-refractivity contribution in [3.05, 3.63) is 261 Å². The van der Waals surface area contributed by atoms with Gasteiger partial charge >= 0.3 is 0 Å². The largest absolute Gasteiger partial charge is 0.310 e. The van der Waals surface area contributed by atoms with Gasteiger partial charge in [0, 0.05) is 54.3 Å². The van der Waals surface area contributed by atoms with Crippen LogP contribution in [0.5, 0.6) is 0 Å². The highest BCUT2D eigenvalue weighted by Gasteiger charge is 2.50. The molecule has 1 aromatic heterocycles. The molecular formula is C69H56N2S. The molecule has 2 aliphatic rings. The van der Waals surface area contributed by atoms with Crippen LogP contribution in [0.25, 0.3) is 53.6 Å². The molecule has 11 aromatic rings. The third-order valence-corrected chi connectivity index (χ3v) is 17.5. The van der Waals surface area contributed by atoms with E-state index >= 15 is 0 Å². The van der Waals surface area contributed by atoms with Crippen molar-refractivity contribution < 1.29 is 0 Å². The van der Waals surface area contributed by atoms with Gasteiger partial charge in [0.05, 0.1) is 5.41 Å². The summed E-state index contributed by atoms with van der Waals surface area (Å²) in [5.41, 5.74) is 29.0. The Morgan fingerprint density at radius 2 is 0.639 bits per heavy atom. The molecule has 0 unspecified atom stereocenters. The lowest BCUT2D eigenvalue weighted by molar-refractivity contribution is 0.776. The molecule has 0 amide bonds. The van der Waals surface area contributed by atoms with E-state index in [9.17, 15) is 0 Å². The van der Waals surface area contributed by atoms with Gasteiger partial charge in [-0.05, 0) is 247 Å². The number of anilines is 6. The van der Waals surface area contributed by atoms with Gasteiger partial charge in [0.1, 0.15) is 0 Å². The summed E-state index contributed by atoms with van der Waals surface area (Å²) >= 11 is 1.90. The van der Waals surface area contributed by atoms with Crippen LogP contribution in [-0.4, -0.2) is 0 Å². The van der Waals surface area contributed by atoms with Crippen molar-refractivity contribution in [1.82, 2.24) is 0 Å². The molecule has 2 nitrogen and oxygen atoms in total. The van der Waals surface area contributed by atoms with Gasteiger partial charge in [0.25, 0.3) is 0 Å². The molecule has 0 aliphatic heterocycles. The summed E-state index contributed by atoms with van der Waals surface area (Å²) in [6, 6.07) is 74.9. The van der Waals surface area contributed by atoms with E-state index in [1.165, 1.54) is 120 Å². The first-order valence-electron chi connectivity index (χ1n) is 25.3. The van der Waals surface area contributed by atoms with Gasteiger partial charge in [-0.3, -0.25) is 0 Å². The maximum atomic E-state index is 2.58. The molecule has 10 aromatic carbocycles. The van der Waals surface area contributed by atoms with Crippen molar-refractivity contribution in [3.63, 3.8) is 0 Å². The lowest BCUT2D eigenvalue weighted by atomic mass is 9.65. The first-order chi connectivity index (χ1) is 35.0. The SMILES string of the molecule is Cc1ccc(N(c2ccc(C)c(C)c2)c2ccc3c(c2)C2(c4cc(N(c5ccc(C)c(C)c5)c5ccc(C)c(C)c5)ccc4-c4ccccc4-3)c3ccccc3-c3cc4sc5ccccc5c4cc32)cc1C. The molecule has 1 spiro atoms. The molecule has 13 rings (SSSR count). The number of fused-ring (bicyclic) bond motifs is 15. The Kier molecular flexibility index (Phi) is 10.1.